The van der Waals surface area contributed by atoms with Gasteiger partial charge in [0.15, 0.2) is 10.8 Å². The summed E-state index contributed by atoms with van der Waals surface area (Å²) in [4.78, 5) is 14.8. The van der Waals surface area contributed by atoms with Gasteiger partial charge in [0.25, 0.3) is 0 Å². The lowest BCUT2D eigenvalue weighted by atomic mass is 9.97. The van der Waals surface area contributed by atoms with E-state index in [2.05, 4.69) is 10.3 Å². The van der Waals surface area contributed by atoms with Gasteiger partial charge in [-0.05, 0) is 0 Å². The Morgan fingerprint density at radius 2 is 2.20 bits per heavy atom. The fraction of sp³-hybridized carbons (Fsp3) is 0.500. The van der Waals surface area contributed by atoms with E-state index in [4.69, 9.17) is 0 Å². The second-order valence-corrected chi connectivity index (χ2v) is 4.28. The number of carbonyl (C=O) groups excluding carboxylic acids is 1. The van der Waals surface area contributed by atoms with E-state index >= 15 is 0 Å². The van der Waals surface area contributed by atoms with Gasteiger partial charge >= 0.3 is 6.18 Å². The number of halogens is 3. The zero-order valence-electron chi connectivity index (χ0n) is 7.47. The summed E-state index contributed by atoms with van der Waals surface area (Å²) in [7, 11) is 0. The number of ketones is 1. The Morgan fingerprint density at radius 3 is 2.60 bits per heavy atom. The number of nitrogens with one attached hydrogen (secondary N) is 1. The normalized spacial score (nSPS) is 17.5. The molecule has 2 heterocycles. The molecule has 0 bridgehead atoms. The van der Waals surface area contributed by atoms with E-state index in [1.54, 1.807) is 0 Å². The number of alkyl halides is 3. The highest BCUT2D eigenvalue weighted by Gasteiger charge is 2.36. The second kappa shape index (κ2) is 3.57. The molecule has 1 aromatic rings. The second-order valence-electron chi connectivity index (χ2n) is 3.25. The minimum atomic E-state index is -4.46. The molecule has 1 N–H and O–H groups in total. The molecular weight excluding hydrogens is 229 g/mol. The van der Waals surface area contributed by atoms with Crippen LogP contribution in [0.3, 0.4) is 0 Å². The maximum atomic E-state index is 12.2. The molecule has 0 atom stereocenters. The molecule has 0 radical (unpaired) electrons. The van der Waals surface area contributed by atoms with Gasteiger partial charge in [0.1, 0.15) is 0 Å². The summed E-state index contributed by atoms with van der Waals surface area (Å²) in [5, 5.41) is 1.93. The first-order valence-corrected chi connectivity index (χ1v) is 5.08. The molecule has 0 aliphatic carbocycles. The van der Waals surface area contributed by atoms with Crippen LogP contribution in [-0.2, 0) is 6.18 Å². The van der Waals surface area contributed by atoms with Gasteiger partial charge in [-0.3, -0.25) is 4.79 Å². The Balaban J connectivity index is 2.16. The van der Waals surface area contributed by atoms with Crippen molar-refractivity contribution in [1.29, 1.82) is 0 Å². The van der Waals surface area contributed by atoms with Crippen molar-refractivity contribution < 1.29 is 18.0 Å². The van der Waals surface area contributed by atoms with Crippen LogP contribution in [0.5, 0.6) is 0 Å². The standard InChI is InChI=1S/C8H7F3N2OS/c9-8(10,11)7-13-3-5(15-7)6(14)4-1-12-2-4/h3-4,12H,1-2H2. The lowest BCUT2D eigenvalue weighted by Crippen LogP contribution is -2.46. The number of thiazole rings is 1. The summed E-state index contributed by atoms with van der Waals surface area (Å²) < 4.78 is 36.6. The highest BCUT2D eigenvalue weighted by atomic mass is 32.1. The third kappa shape index (κ3) is 2.03. The lowest BCUT2D eigenvalue weighted by Gasteiger charge is -2.24. The Kier molecular flexibility index (Phi) is 2.51. The van der Waals surface area contributed by atoms with Gasteiger partial charge in [-0.2, -0.15) is 13.2 Å². The summed E-state index contributed by atoms with van der Waals surface area (Å²) in [6.45, 7) is 1.08. The molecule has 0 aromatic carbocycles. The molecule has 0 amide bonds. The Morgan fingerprint density at radius 1 is 1.53 bits per heavy atom. The van der Waals surface area contributed by atoms with Crippen LogP contribution in [-0.4, -0.2) is 23.9 Å². The Labute approximate surface area is 87.3 Å². The molecule has 15 heavy (non-hydrogen) atoms. The fourth-order valence-corrected chi connectivity index (χ4v) is 2.00. The zero-order chi connectivity index (χ0) is 11.1. The molecule has 1 aliphatic heterocycles. The SMILES string of the molecule is O=C(c1cnc(C(F)(F)F)s1)C1CNC1. The molecule has 0 unspecified atom stereocenters. The van der Waals surface area contributed by atoms with Gasteiger partial charge in [-0.25, -0.2) is 4.98 Å². The number of Topliss-reactive ketones (excluding diaryl/α,β-unsaturated/α-hetero) is 1. The van der Waals surface area contributed by atoms with E-state index in [0.29, 0.717) is 24.4 Å². The van der Waals surface area contributed by atoms with Crippen LogP contribution in [0.2, 0.25) is 0 Å². The monoisotopic (exact) mass is 236 g/mol. The minimum Gasteiger partial charge on any atom is -0.315 e. The van der Waals surface area contributed by atoms with Crippen molar-refractivity contribution >= 4 is 17.1 Å². The van der Waals surface area contributed by atoms with Gasteiger partial charge < -0.3 is 5.32 Å². The van der Waals surface area contributed by atoms with Gasteiger partial charge in [0, 0.05) is 25.2 Å². The van der Waals surface area contributed by atoms with Crippen molar-refractivity contribution in [3.8, 4) is 0 Å². The maximum absolute atomic E-state index is 12.2. The predicted molar refractivity (Wildman–Crippen MR) is 47.8 cm³/mol. The quantitative estimate of drug-likeness (QED) is 0.792. The molecular formula is C8H7F3N2OS. The van der Waals surface area contributed by atoms with Crippen LogP contribution in [0.15, 0.2) is 6.20 Å². The maximum Gasteiger partial charge on any atom is 0.443 e. The first-order valence-electron chi connectivity index (χ1n) is 4.26. The van der Waals surface area contributed by atoms with Crippen LogP contribution >= 0.6 is 11.3 Å². The topological polar surface area (TPSA) is 42.0 Å². The molecule has 1 saturated heterocycles. The van der Waals surface area contributed by atoms with Crippen LogP contribution in [0.4, 0.5) is 13.2 Å². The van der Waals surface area contributed by atoms with E-state index < -0.39 is 11.2 Å². The van der Waals surface area contributed by atoms with Crippen molar-refractivity contribution in [3.63, 3.8) is 0 Å². The molecule has 0 spiro atoms. The molecule has 0 saturated carbocycles. The minimum absolute atomic E-state index is 0.0915. The lowest BCUT2D eigenvalue weighted by molar-refractivity contribution is -0.137. The largest absolute Gasteiger partial charge is 0.443 e. The molecule has 1 aromatic heterocycles. The molecule has 82 valence electrons. The number of hydrogen-bond acceptors (Lipinski definition) is 4. The average molecular weight is 236 g/mol. The van der Waals surface area contributed by atoms with E-state index in [1.165, 1.54) is 0 Å². The first kappa shape index (κ1) is 10.6. The molecule has 1 aliphatic rings. The van der Waals surface area contributed by atoms with E-state index in [9.17, 15) is 18.0 Å². The summed E-state index contributed by atoms with van der Waals surface area (Å²) in [6.07, 6.45) is -3.45. The van der Waals surface area contributed by atoms with Gasteiger partial charge in [0.2, 0.25) is 0 Å². The summed E-state index contributed by atoms with van der Waals surface area (Å²) in [5.41, 5.74) is 0. The van der Waals surface area contributed by atoms with Crippen molar-refractivity contribution in [2.24, 2.45) is 5.92 Å². The average Bonchev–Trinajstić information content (AvgIpc) is 2.46. The smallest absolute Gasteiger partial charge is 0.315 e. The third-order valence-corrected chi connectivity index (χ3v) is 3.20. The number of rotatable bonds is 2. The highest BCUT2D eigenvalue weighted by molar-refractivity contribution is 7.13. The number of aromatic nitrogens is 1. The fourth-order valence-electron chi connectivity index (χ4n) is 1.19. The van der Waals surface area contributed by atoms with Gasteiger partial charge in [-0.15, -0.1) is 11.3 Å². The summed E-state index contributed by atoms with van der Waals surface area (Å²) in [6, 6.07) is 0. The summed E-state index contributed by atoms with van der Waals surface area (Å²) >= 11 is 0.412. The van der Waals surface area contributed by atoms with Crippen LogP contribution in [0.1, 0.15) is 14.7 Å². The van der Waals surface area contributed by atoms with Crippen LogP contribution in [0, 0.1) is 5.92 Å². The van der Waals surface area contributed by atoms with Gasteiger partial charge in [0.05, 0.1) is 4.88 Å². The van der Waals surface area contributed by atoms with Crippen molar-refractivity contribution in [1.82, 2.24) is 10.3 Å². The predicted octanol–water partition coefficient (Wildman–Crippen LogP) is 1.56. The summed E-state index contributed by atoms with van der Waals surface area (Å²) in [5.74, 6) is -0.437. The molecule has 3 nitrogen and oxygen atoms in total. The van der Waals surface area contributed by atoms with Crippen molar-refractivity contribution in [2.45, 2.75) is 6.18 Å². The third-order valence-electron chi connectivity index (χ3n) is 2.14. The van der Waals surface area contributed by atoms with Crippen molar-refractivity contribution in [2.75, 3.05) is 13.1 Å². The van der Waals surface area contributed by atoms with Gasteiger partial charge in [-0.1, -0.05) is 0 Å². The van der Waals surface area contributed by atoms with Crippen LogP contribution in [0.25, 0.3) is 0 Å². The van der Waals surface area contributed by atoms with E-state index in [1.807, 2.05) is 0 Å². The number of carbonyl (C=O) groups is 1. The molecule has 1 fully saturated rings. The number of nitrogens with zero attached hydrogens (tertiary/aromatic N) is 1. The first-order chi connectivity index (χ1) is 6.98. The van der Waals surface area contributed by atoms with Crippen LogP contribution < -0.4 is 5.32 Å². The Hall–Kier alpha value is -0.950. The number of hydrogen-bond donors (Lipinski definition) is 1. The van der Waals surface area contributed by atoms with Crippen molar-refractivity contribution in [3.05, 3.63) is 16.1 Å². The van der Waals surface area contributed by atoms with E-state index in [-0.39, 0.29) is 16.6 Å². The molecule has 2 rings (SSSR count). The Bertz CT molecular complexity index is 383. The zero-order valence-corrected chi connectivity index (χ0v) is 8.28. The van der Waals surface area contributed by atoms with E-state index in [0.717, 1.165) is 6.20 Å². The highest BCUT2D eigenvalue weighted by Crippen LogP contribution is 2.33. The molecule has 7 heteroatoms.